The van der Waals surface area contributed by atoms with Crippen LogP contribution in [0.4, 0.5) is 13.6 Å². The number of halogens is 2. The van der Waals surface area contributed by atoms with Gasteiger partial charge in [-0.2, -0.15) is 0 Å². The molecule has 0 unspecified atom stereocenters. The Balaban J connectivity index is 2.26. The number of hydrogen-bond donors (Lipinski definition) is 1. The van der Waals surface area contributed by atoms with Crippen molar-refractivity contribution in [3.63, 3.8) is 0 Å². The molecule has 1 amide bonds. The van der Waals surface area contributed by atoms with E-state index in [1.807, 2.05) is 0 Å². The molecule has 0 spiro atoms. The summed E-state index contributed by atoms with van der Waals surface area (Å²) in [5, 5.41) is 8.98. The summed E-state index contributed by atoms with van der Waals surface area (Å²) >= 11 is 0. The van der Waals surface area contributed by atoms with Crippen molar-refractivity contribution in [3.05, 3.63) is 71.3 Å². The number of nitrogens with zero attached hydrogens (tertiary/aromatic N) is 3. The van der Waals surface area contributed by atoms with Gasteiger partial charge >= 0.3 is 12.1 Å². The molecule has 2 aromatic rings. The van der Waals surface area contributed by atoms with Gasteiger partial charge in [0.2, 0.25) is 0 Å². The quantitative estimate of drug-likeness (QED) is 0.519. The number of carboxylic acids is 1. The number of amides is 1. The highest BCUT2D eigenvalue weighted by atomic mass is 19.1. The summed E-state index contributed by atoms with van der Waals surface area (Å²) in [5.74, 6) is -2.99. The molecule has 2 rings (SSSR count). The van der Waals surface area contributed by atoms with Crippen molar-refractivity contribution in [3.8, 4) is 5.75 Å². The molecule has 0 aliphatic carbocycles. The van der Waals surface area contributed by atoms with Gasteiger partial charge in [-0.05, 0) is 51.8 Å². The Morgan fingerprint density at radius 3 is 2.40 bits per heavy atom. The average molecular weight is 492 g/mol. The van der Waals surface area contributed by atoms with Crippen LogP contribution in [0.15, 0.2) is 42.9 Å². The number of carbonyl (C=O) groups is 2. The molecule has 0 aliphatic rings. The fraction of sp³-hybridized carbons (Fsp3) is 0.400. The van der Waals surface area contributed by atoms with Crippen molar-refractivity contribution < 1.29 is 33.0 Å². The maximum absolute atomic E-state index is 14.3. The topological polar surface area (TPSA) is 92.2 Å². The van der Waals surface area contributed by atoms with Gasteiger partial charge in [0.25, 0.3) is 0 Å². The molecule has 35 heavy (non-hydrogen) atoms. The van der Waals surface area contributed by atoms with Gasteiger partial charge in [0.05, 0.1) is 12.7 Å². The SMILES string of the molecule is CCN(/C=C\N(C)C[C@@H](Oc1cnc(C(=O)O)c(F)c1)c1ccc(C)c(F)c1)C(=O)OC(C)(C)C. The van der Waals surface area contributed by atoms with Crippen molar-refractivity contribution in [2.24, 2.45) is 0 Å². The van der Waals surface area contributed by atoms with Gasteiger partial charge in [-0.3, -0.25) is 4.90 Å². The van der Waals surface area contributed by atoms with Crippen LogP contribution in [-0.4, -0.2) is 57.7 Å². The van der Waals surface area contributed by atoms with Crippen molar-refractivity contribution in [1.29, 1.82) is 0 Å². The first-order valence-corrected chi connectivity index (χ1v) is 11.0. The summed E-state index contributed by atoms with van der Waals surface area (Å²) in [6.07, 6.45) is 3.03. The molecule has 0 bridgehead atoms. The number of aromatic carboxylic acids is 1. The van der Waals surface area contributed by atoms with Crippen LogP contribution in [0.5, 0.6) is 5.75 Å². The van der Waals surface area contributed by atoms with E-state index >= 15 is 0 Å². The predicted molar refractivity (Wildman–Crippen MR) is 126 cm³/mol. The zero-order chi connectivity index (χ0) is 26.3. The van der Waals surface area contributed by atoms with Crippen LogP contribution in [0.2, 0.25) is 0 Å². The fourth-order valence-electron chi connectivity index (χ4n) is 2.96. The number of hydrogen-bond acceptors (Lipinski definition) is 6. The van der Waals surface area contributed by atoms with Gasteiger partial charge in [-0.1, -0.05) is 12.1 Å². The third-order valence-corrected chi connectivity index (χ3v) is 4.79. The van der Waals surface area contributed by atoms with E-state index in [0.717, 1.165) is 12.3 Å². The fourth-order valence-corrected chi connectivity index (χ4v) is 2.96. The minimum Gasteiger partial charge on any atom is -0.482 e. The van der Waals surface area contributed by atoms with E-state index in [9.17, 15) is 18.4 Å². The van der Waals surface area contributed by atoms with Gasteiger partial charge in [-0.15, -0.1) is 0 Å². The van der Waals surface area contributed by atoms with E-state index in [1.54, 1.807) is 71.1 Å². The highest BCUT2D eigenvalue weighted by Crippen LogP contribution is 2.25. The van der Waals surface area contributed by atoms with Gasteiger partial charge in [0, 0.05) is 32.1 Å². The average Bonchev–Trinajstić information content (AvgIpc) is 2.74. The van der Waals surface area contributed by atoms with Crippen LogP contribution in [-0.2, 0) is 4.74 Å². The number of carboxylic acid groups (broad SMARTS) is 1. The van der Waals surface area contributed by atoms with Crippen molar-refractivity contribution in [1.82, 2.24) is 14.8 Å². The Hall–Kier alpha value is -3.69. The second-order valence-electron chi connectivity index (χ2n) is 8.93. The van der Waals surface area contributed by atoms with Crippen LogP contribution in [0.1, 0.15) is 55.4 Å². The van der Waals surface area contributed by atoms with Crippen molar-refractivity contribution in [2.45, 2.75) is 46.3 Å². The third kappa shape index (κ3) is 8.24. The Bertz CT molecular complexity index is 1090. The number of pyridine rings is 1. The lowest BCUT2D eigenvalue weighted by atomic mass is 10.1. The van der Waals surface area contributed by atoms with E-state index in [0.29, 0.717) is 17.7 Å². The molecule has 1 aromatic carbocycles. The maximum atomic E-state index is 14.3. The second kappa shape index (κ2) is 11.6. The molecule has 1 heterocycles. The number of benzene rings is 1. The first-order chi connectivity index (χ1) is 16.3. The molecule has 190 valence electrons. The standard InChI is InChI=1S/C25H31F2N3O5/c1-7-30(24(33)35-25(3,4)5)11-10-29(6)15-21(17-9-8-16(2)19(26)12-17)34-18-13-20(27)22(23(31)32)28-14-18/h8-14,21H,7,15H2,1-6H3,(H,31,32)/b11-10-/t21-/m1/s1. The van der Waals surface area contributed by atoms with Crippen molar-refractivity contribution >= 4 is 12.1 Å². The first kappa shape index (κ1) is 27.6. The van der Waals surface area contributed by atoms with Gasteiger partial charge in [0.15, 0.2) is 11.5 Å². The van der Waals surface area contributed by atoms with Crippen LogP contribution >= 0.6 is 0 Å². The summed E-state index contributed by atoms with van der Waals surface area (Å²) in [4.78, 5) is 30.1. The lowest BCUT2D eigenvalue weighted by Gasteiger charge is -2.26. The lowest BCUT2D eigenvalue weighted by molar-refractivity contribution is 0.0340. The van der Waals surface area contributed by atoms with Gasteiger partial charge in [-0.25, -0.2) is 23.4 Å². The van der Waals surface area contributed by atoms with E-state index in [1.165, 1.54) is 11.0 Å². The third-order valence-electron chi connectivity index (χ3n) is 4.79. The first-order valence-electron chi connectivity index (χ1n) is 11.0. The van der Waals surface area contributed by atoms with Gasteiger partial charge in [0.1, 0.15) is 23.3 Å². The van der Waals surface area contributed by atoms with Gasteiger partial charge < -0.3 is 19.5 Å². The monoisotopic (exact) mass is 491 g/mol. The summed E-state index contributed by atoms with van der Waals surface area (Å²) in [7, 11) is 1.73. The molecule has 0 radical (unpaired) electrons. The molecule has 1 N–H and O–H groups in total. The molecule has 0 fully saturated rings. The number of likely N-dealkylation sites (N-methyl/N-ethyl adjacent to an activating group) is 1. The normalized spacial score (nSPS) is 12.3. The largest absolute Gasteiger partial charge is 0.482 e. The number of aryl methyl sites for hydroxylation is 1. The minimum atomic E-state index is -1.50. The van der Waals surface area contributed by atoms with Crippen LogP contribution in [0, 0.1) is 18.6 Å². The number of aromatic nitrogens is 1. The Morgan fingerprint density at radius 1 is 1.17 bits per heavy atom. The minimum absolute atomic E-state index is 0.0141. The Kier molecular flexibility index (Phi) is 9.16. The predicted octanol–water partition coefficient (Wildman–Crippen LogP) is 5.15. The molecular weight excluding hydrogens is 460 g/mol. The highest BCUT2D eigenvalue weighted by molar-refractivity contribution is 5.85. The molecule has 0 saturated carbocycles. The molecule has 0 saturated heterocycles. The summed E-state index contributed by atoms with van der Waals surface area (Å²) in [5.41, 5.74) is -0.430. The molecule has 1 atom stereocenters. The van der Waals surface area contributed by atoms with E-state index < -0.39 is 41.1 Å². The zero-order valence-electron chi connectivity index (χ0n) is 20.7. The molecular formula is C25H31F2N3O5. The second-order valence-corrected chi connectivity index (χ2v) is 8.93. The Morgan fingerprint density at radius 2 is 1.86 bits per heavy atom. The maximum Gasteiger partial charge on any atom is 0.414 e. The summed E-state index contributed by atoms with van der Waals surface area (Å²) < 4.78 is 39.7. The summed E-state index contributed by atoms with van der Waals surface area (Å²) in [6.45, 7) is 9.32. The lowest BCUT2D eigenvalue weighted by Crippen LogP contribution is -2.34. The number of ether oxygens (including phenoxy) is 2. The van der Waals surface area contributed by atoms with E-state index in [-0.39, 0.29) is 12.3 Å². The molecule has 0 aliphatic heterocycles. The Labute approximate surface area is 203 Å². The van der Waals surface area contributed by atoms with Crippen LogP contribution < -0.4 is 4.74 Å². The molecule has 8 nitrogen and oxygen atoms in total. The number of carbonyl (C=O) groups excluding carboxylic acids is 1. The van der Waals surface area contributed by atoms with Crippen LogP contribution in [0.25, 0.3) is 0 Å². The zero-order valence-corrected chi connectivity index (χ0v) is 20.7. The molecule has 10 heteroatoms. The highest BCUT2D eigenvalue weighted by Gasteiger charge is 2.21. The van der Waals surface area contributed by atoms with Crippen molar-refractivity contribution in [2.75, 3.05) is 20.1 Å². The number of rotatable bonds is 9. The molecule has 1 aromatic heterocycles. The summed E-state index contributed by atoms with van der Waals surface area (Å²) in [6, 6.07) is 5.54. The smallest absolute Gasteiger partial charge is 0.414 e. The van der Waals surface area contributed by atoms with E-state index in [4.69, 9.17) is 14.6 Å². The van der Waals surface area contributed by atoms with Crippen LogP contribution in [0.3, 0.4) is 0 Å². The van der Waals surface area contributed by atoms with E-state index in [2.05, 4.69) is 4.98 Å².